The summed E-state index contributed by atoms with van der Waals surface area (Å²) in [7, 11) is 1.89. The van der Waals surface area contributed by atoms with Gasteiger partial charge in [0.25, 0.3) is 0 Å². The molecule has 2 aromatic rings. The van der Waals surface area contributed by atoms with E-state index in [2.05, 4.69) is 0 Å². The lowest BCUT2D eigenvalue weighted by atomic mass is 10.2. The van der Waals surface area contributed by atoms with Crippen molar-refractivity contribution in [2.24, 2.45) is 7.05 Å². The van der Waals surface area contributed by atoms with Crippen LogP contribution < -0.4 is 0 Å². The smallest absolute Gasteiger partial charge is 0.337 e. The van der Waals surface area contributed by atoms with Gasteiger partial charge in [0, 0.05) is 12.7 Å². The maximum atomic E-state index is 10.9. The molecule has 0 saturated heterocycles. The van der Waals surface area contributed by atoms with E-state index in [0.717, 1.165) is 16.3 Å². The molecule has 0 bridgehead atoms. The minimum absolute atomic E-state index is 0.376. The lowest BCUT2D eigenvalue weighted by Gasteiger charge is -2.01. The summed E-state index contributed by atoms with van der Waals surface area (Å²) in [5, 5.41) is 11.0. The predicted octanol–water partition coefficient (Wildman–Crippen LogP) is 2.76. The molecule has 2 heterocycles. The Morgan fingerprint density at radius 2 is 2.27 bits per heavy atom. The van der Waals surface area contributed by atoms with Gasteiger partial charge in [0.1, 0.15) is 0 Å². The van der Waals surface area contributed by atoms with Crippen molar-refractivity contribution in [2.75, 3.05) is 0 Å². The molecule has 3 nitrogen and oxygen atoms in total. The number of rotatable bonds is 2. The maximum Gasteiger partial charge on any atom is 0.337 e. The Labute approximate surface area is 91.6 Å². The van der Waals surface area contributed by atoms with Crippen molar-refractivity contribution >= 4 is 17.3 Å². The number of carboxylic acids is 1. The Balaban J connectivity index is 2.60. The monoisotopic (exact) mass is 221 g/mol. The van der Waals surface area contributed by atoms with Gasteiger partial charge in [-0.05, 0) is 24.4 Å². The summed E-state index contributed by atoms with van der Waals surface area (Å²) in [6.07, 6.45) is 0. The van der Waals surface area contributed by atoms with Crippen molar-refractivity contribution in [1.29, 1.82) is 0 Å². The van der Waals surface area contributed by atoms with Gasteiger partial charge in [-0.3, -0.25) is 0 Å². The van der Waals surface area contributed by atoms with Gasteiger partial charge >= 0.3 is 5.97 Å². The van der Waals surface area contributed by atoms with Crippen LogP contribution in [-0.2, 0) is 7.05 Å². The summed E-state index contributed by atoms with van der Waals surface area (Å²) in [5.74, 6) is -0.870. The molecular weight excluding hydrogens is 210 g/mol. The molecule has 0 unspecified atom stereocenters. The van der Waals surface area contributed by atoms with Crippen molar-refractivity contribution in [3.8, 4) is 10.6 Å². The predicted molar refractivity (Wildman–Crippen MR) is 60.4 cm³/mol. The Kier molecular flexibility index (Phi) is 2.36. The minimum atomic E-state index is -0.870. The van der Waals surface area contributed by atoms with Gasteiger partial charge in [-0.2, -0.15) is 0 Å². The SMILES string of the molecule is Cc1c(C(=O)O)cc(-c2cccs2)n1C. The highest BCUT2D eigenvalue weighted by molar-refractivity contribution is 7.13. The number of aromatic carboxylic acids is 1. The zero-order valence-corrected chi connectivity index (χ0v) is 9.34. The summed E-state index contributed by atoms with van der Waals surface area (Å²) in [6.45, 7) is 1.82. The lowest BCUT2D eigenvalue weighted by Crippen LogP contribution is -1.99. The molecule has 4 heteroatoms. The summed E-state index contributed by atoms with van der Waals surface area (Å²) in [6, 6.07) is 5.68. The van der Waals surface area contributed by atoms with E-state index in [1.807, 2.05) is 36.1 Å². The second kappa shape index (κ2) is 3.55. The highest BCUT2D eigenvalue weighted by atomic mass is 32.1. The highest BCUT2D eigenvalue weighted by Crippen LogP contribution is 2.28. The molecule has 0 saturated carbocycles. The Bertz CT molecular complexity index is 497. The van der Waals surface area contributed by atoms with Crippen LogP contribution in [0.15, 0.2) is 23.6 Å². The fourth-order valence-corrected chi connectivity index (χ4v) is 2.35. The summed E-state index contributed by atoms with van der Waals surface area (Å²) < 4.78 is 1.91. The van der Waals surface area contributed by atoms with E-state index in [0.29, 0.717) is 5.56 Å². The average Bonchev–Trinajstić information content (AvgIpc) is 2.77. The first kappa shape index (κ1) is 9.98. The van der Waals surface area contributed by atoms with E-state index in [9.17, 15) is 4.79 Å². The number of aromatic nitrogens is 1. The third kappa shape index (κ3) is 1.57. The molecule has 0 amide bonds. The molecule has 2 rings (SSSR count). The standard InChI is InChI=1S/C11H11NO2S/c1-7-8(11(13)14)6-9(12(7)2)10-4-3-5-15-10/h3-6H,1-2H3,(H,13,14). The van der Waals surface area contributed by atoms with Crippen LogP contribution in [0.1, 0.15) is 16.1 Å². The molecule has 2 aromatic heterocycles. The van der Waals surface area contributed by atoms with E-state index >= 15 is 0 Å². The first-order chi connectivity index (χ1) is 7.11. The number of nitrogens with zero attached hydrogens (tertiary/aromatic N) is 1. The normalized spacial score (nSPS) is 10.5. The van der Waals surface area contributed by atoms with Gasteiger partial charge in [-0.15, -0.1) is 11.3 Å². The molecule has 78 valence electrons. The molecule has 0 aliphatic rings. The van der Waals surface area contributed by atoms with Gasteiger partial charge in [0.05, 0.1) is 16.1 Å². The Morgan fingerprint density at radius 1 is 1.53 bits per heavy atom. The lowest BCUT2D eigenvalue weighted by molar-refractivity contribution is 0.0696. The van der Waals surface area contributed by atoms with Crippen LogP contribution in [0.5, 0.6) is 0 Å². The van der Waals surface area contributed by atoms with Crippen LogP contribution in [0.2, 0.25) is 0 Å². The van der Waals surface area contributed by atoms with Crippen molar-refractivity contribution in [3.05, 3.63) is 34.8 Å². The molecular formula is C11H11NO2S. The topological polar surface area (TPSA) is 42.2 Å². The van der Waals surface area contributed by atoms with E-state index in [1.54, 1.807) is 17.4 Å². The zero-order chi connectivity index (χ0) is 11.0. The minimum Gasteiger partial charge on any atom is -0.478 e. The average molecular weight is 221 g/mol. The number of carboxylic acid groups (broad SMARTS) is 1. The van der Waals surface area contributed by atoms with E-state index < -0.39 is 5.97 Å². The first-order valence-electron chi connectivity index (χ1n) is 4.54. The van der Waals surface area contributed by atoms with E-state index in [-0.39, 0.29) is 0 Å². The molecule has 15 heavy (non-hydrogen) atoms. The first-order valence-corrected chi connectivity index (χ1v) is 5.42. The van der Waals surface area contributed by atoms with E-state index in [4.69, 9.17) is 5.11 Å². The largest absolute Gasteiger partial charge is 0.478 e. The van der Waals surface area contributed by atoms with Crippen molar-refractivity contribution < 1.29 is 9.90 Å². The van der Waals surface area contributed by atoms with E-state index in [1.165, 1.54) is 0 Å². The molecule has 0 radical (unpaired) electrons. The second-order valence-corrected chi connectivity index (χ2v) is 4.32. The van der Waals surface area contributed by atoms with Gasteiger partial charge in [0.15, 0.2) is 0 Å². The van der Waals surface area contributed by atoms with Gasteiger partial charge in [0.2, 0.25) is 0 Å². The molecule has 0 aliphatic carbocycles. The Hall–Kier alpha value is -1.55. The fraction of sp³-hybridized carbons (Fsp3) is 0.182. The number of carbonyl (C=O) groups is 1. The molecule has 0 aliphatic heterocycles. The molecule has 0 spiro atoms. The number of hydrogen-bond donors (Lipinski definition) is 1. The zero-order valence-electron chi connectivity index (χ0n) is 8.52. The molecule has 0 aromatic carbocycles. The maximum absolute atomic E-state index is 10.9. The fourth-order valence-electron chi connectivity index (χ4n) is 1.58. The number of hydrogen-bond acceptors (Lipinski definition) is 2. The van der Waals surface area contributed by atoms with Crippen LogP contribution in [-0.4, -0.2) is 15.6 Å². The van der Waals surface area contributed by atoms with Crippen LogP contribution in [0, 0.1) is 6.92 Å². The van der Waals surface area contributed by atoms with Gasteiger partial charge in [-0.25, -0.2) is 4.79 Å². The van der Waals surface area contributed by atoms with Crippen molar-refractivity contribution in [3.63, 3.8) is 0 Å². The van der Waals surface area contributed by atoms with Gasteiger partial charge < -0.3 is 9.67 Å². The van der Waals surface area contributed by atoms with Crippen molar-refractivity contribution in [2.45, 2.75) is 6.92 Å². The number of thiophene rings is 1. The molecule has 0 fully saturated rings. The molecule has 1 N–H and O–H groups in total. The summed E-state index contributed by atoms with van der Waals surface area (Å²) >= 11 is 1.61. The second-order valence-electron chi connectivity index (χ2n) is 3.37. The third-order valence-electron chi connectivity index (χ3n) is 2.54. The summed E-state index contributed by atoms with van der Waals surface area (Å²) in [5.41, 5.74) is 2.12. The van der Waals surface area contributed by atoms with Crippen LogP contribution >= 0.6 is 11.3 Å². The van der Waals surface area contributed by atoms with Crippen molar-refractivity contribution in [1.82, 2.24) is 4.57 Å². The van der Waals surface area contributed by atoms with Gasteiger partial charge in [-0.1, -0.05) is 6.07 Å². The van der Waals surface area contributed by atoms with Crippen LogP contribution in [0.3, 0.4) is 0 Å². The summed E-state index contributed by atoms with van der Waals surface area (Å²) in [4.78, 5) is 12.0. The molecule has 0 atom stereocenters. The quantitative estimate of drug-likeness (QED) is 0.847. The van der Waals surface area contributed by atoms with Crippen LogP contribution in [0.4, 0.5) is 0 Å². The highest BCUT2D eigenvalue weighted by Gasteiger charge is 2.15. The third-order valence-corrected chi connectivity index (χ3v) is 3.43. The Morgan fingerprint density at radius 3 is 2.73 bits per heavy atom. The van der Waals surface area contributed by atoms with Crippen LogP contribution in [0.25, 0.3) is 10.6 Å².